The highest BCUT2D eigenvalue weighted by Crippen LogP contribution is 2.02. The second-order valence-corrected chi connectivity index (χ2v) is 3.08. The lowest BCUT2D eigenvalue weighted by Gasteiger charge is -2.22. The van der Waals surface area contributed by atoms with Crippen molar-refractivity contribution < 1.29 is 9.53 Å². The van der Waals surface area contributed by atoms with E-state index in [4.69, 9.17) is 4.74 Å². The van der Waals surface area contributed by atoms with E-state index >= 15 is 0 Å². The molecule has 0 unspecified atom stereocenters. The van der Waals surface area contributed by atoms with E-state index in [9.17, 15) is 4.79 Å². The van der Waals surface area contributed by atoms with E-state index in [1.165, 1.54) is 7.11 Å². The lowest BCUT2D eigenvalue weighted by Crippen LogP contribution is -2.43. The summed E-state index contributed by atoms with van der Waals surface area (Å²) in [7, 11) is 3.38. The maximum absolute atomic E-state index is 11.2. The predicted molar refractivity (Wildman–Crippen MR) is 45.9 cm³/mol. The third-order valence-electron chi connectivity index (χ3n) is 2.21. The van der Waals surface area contributed by atoms with Crippen LogP contribution in [-0.4, -0.2) is 50.7 Å². The van der Waals surface area contributed by atoms with Crippen LogP contribution >= 0.6 is 0 Å². The molecule has 1 N–H and O–H groups in total. The summed E-state index contributed by atoms with van der Waals surface area (Å²) in [6, 6.07) is -0.113. The number of esters is 1. The van der Waals surface area contributed by atoms with Crippen molar-refractivity contribution in [1.29, 1.82) is 0 Å². The molecular formula is C8H16N2O2. The summed E-state index contributed by atoms with van der Waals surface area (Å²) < 4.78 is 4.70. The Labute approximate surface area is 72.9 Å². The van der Waals surface area contributed by atoms with E-state index in [-0.39, 0.29) is 12.0 Å². The molecule has 0 aromatic heterocycles. The van der Waals surface area contributed by atoms with Gasteiger partial charge in [-0.2, -0.15) is 0 Å². The minimum absolute atomic E-state index is 0.113. The molecule has 1 rings (SSSR count). The molecule has 0 aromatic rings. The lowest BCUT2D eigenvalue weighted by molar-refractivity contribution is -0.146. The van der Waals surface area contributed by atoms with Gasteiger partial charge >= 0.3 is 5.97 Å². The Morgan fingerprint density at radius 3 is 3.08 bits per heavy atom. The van der Waals surface area contributed by atoms with E-state index in [0.29, 0.717) is 6.54 Å². The average molecular weight is 172 g/mol. The van der Waals surface area contributed by atoms with Crippen LogP contribution < -0.4 is 5.32 Å². The van der Waals surface area contributed by atoms with Gasteiger partial charge < -0.3 is 10.1 Å². The van der Waals surface area contributed by atoms with Crippen molar-refractivity contribution >= 4 is 5.97 Å². The maximum Gasteiger partial charge on any atom is 0.324 e. The standard InChI is InChI=1S/C8H16N2O2/c1-10-5-3-4-9-6-7(10)8(11)12-2/h7,9H,3-6H2,1-2H3/t7-/m0/s1. The van der Waals surface area contributed by atoms with Gasteiger partial charge in [0.15, 0.2) is 0 Å². The van der Waals surface area contributed by atoms with Gasteiger partial charge in [0, 0.05) is 6.54 Å². The summed E-state index contributed by atoms with van der Waals surface area (Å²) >= 11 is 0. The predicted octanol–water partition coefficient (Wildman–Crippen LogP) is -0.547. The smallest absolute Gasteiger partial charge is 0.324 e. The number of carbonyl (C=O) groups excluding carboxylic acids is 1. The molecule has 0 aliphatic carbocycles. The van der Waals surface area contributed by atoms with Crippen molar-refractivity contribution in [2.24, 2.45) is 0 Å². The average Bonchev–Trinajstić information content (AvgIpc) is 2.28. The maximum atomic E-state index is 11.2. The largest absolute Gasteiger partial charge is 0.468 e. The molecule has 0 spiro atoms. The minimum Gasteiger partial charge on any atom is -0.468 e. The Kier molecular flexibility index (Phi) is 3.49. The van der Waals surface area contributed by atoms with Crippen LogP contribution in [-0.2, 0) is 9.53 Å². The van der Waals surface area contributed by atoms with E-state index in [2.05, 4.69) is 5.32 Å². The van der Waals surface area contributed by atoms with Crippen LogP contribution in [0.4, 0.5) is 0 Å². The summed E-state index contributed by atoms with van der Waals surface area (Å²) in [5, 5.41) is 3.20. The summed E-state index contributed by atoms with van der Waals surface area (Å²) in [6.07, 6.45) is 1.09. The Balaban J connectivity index is 2.52. The zero-order valence-corrected chi connectivity index (χ0v) is 7.67. The van der Waals surface area contributed by atoms with E-state index in [1.807, 2.05) is 11.9 Å². The van der Waals surface area contributed by atoms with Crippen molar-refractivity contribution in [3.05, 3.63) is 0 Å². The third-order valence-corrected chi connectivity index (χ3v) is 2.21. The van der Waals surface area contributed by atoms with Crippen LogP contribution in [0.2, 0.25) is 0 Å². The fourth-order valence-corrected chi connectivity index (χ4v) is 1.40. The van der Waals surface area contributed by atoms with Gasteiger partial charge in [0.05, 0.1) is 7.11 Å². The van der Waals surface area contributed by atoms with Gasteiger partial charge in [-0.1, -0.05) is 0 Å². The van der Waals surface area contributed by atoms with Gasteiger partial charge in [-0.3, -0.25) is 9.69 Å². The van der Waals surface area contributed by atoms with Gasteiger partial charge in [-0.05, 0) is 26.6 Å². The first-order chi connectivity index (χ1) is 5.75. The van der Waals surface area contributed by atoms with Crippen molar-refractivity contribution in [2.75, 3.05) is 33.8 Å². The minimum atomic E-state index is -0.146. The number of hydrogen-bond donors (Lipinski definition) is 1. The molecule has 4 heteroatoms. The fourth-order valence-electron chi connectivity index (χ4n) is 1.40. The van der Waals surface area contributed by atoms with Crippen molar-refractivity contribution in [2.45, 2.75) is 12.5 Å². The molecule has 1 saturated heterocycles. The second kappa shape index (κ2) is 4.42. The normalized spacial score (nSPS) is 26.3. The van der Waals surface area contributed by atoms with Gasteiger partial charge in [0.2, 0.25) is 0 Å². The highest BCUT2D eigenvalue weighted by Gasteiger charge is 2.24. The van der Waals surface area contributed by atoms with Crippen molar-refractivity contribution in [1.82, 2.24) is 10.2 Å². The highest BCUT2D eigenvalue weighted by atomic mass is 16.5. The topological polar surface area (TPSA) is 41.6 Å². The summed E-state index contributed by atoms with van der Waals surface area (Å²) in [5.41, 5.74) is 0. The Bertz CT molecular complexity index is 161. The number of likely N-dealkylation sites (N-methyl/N-ethyl adjacent to an activating group) is 1. The van der Waals surface area contributed by atoms with Gasteiger partial charge in [0.25, 0.3) is 0 Å². The van der Waals surface area contributed by atoms with E-state index in [1.54, 1.807) is 0 Å². The monoisotopic (exact) mass is 172 g/mol. The molecule has 0 bridgehead atoms. The molecule has 4 nitrogen and oxygen atoms in total. The lowest BCUT2D eigenvalue weighted by atomic mass is 10.2. The number of methoxy groups -OCH3 is 1. The number of nitrogens with one attached hydrogen (secondary N) is 1. The first kappa shape index (κ1) is 9.48. The zero-order chi connectivity index (χ0) is 8.97. The van der Waals surface area contributed by atoms with E-state index in [0.717, 1.165) is 19.5 Å². The Morgan fingerprint density at radius 2 is 2.42 bits per heavy atom. The number of ether oxygens (including phenoxy) is 1. The molecule has 0 aromatic carbocycles. The fraction of sp³-hybridized carbons (Fsp3) is 0.875. The zero-order valence-electron chi connectivity index (χ0n) is 7.67. The molecule has 1 atom stereocenters. The van der Waals surface area contributed by atoms with Crippen LogP contribution in [0.1, 0.15) is 6.42 Å². The quantitative estimate of drug-likeness (QED) is 0.539. The molecule has 0 saturated carbocycles. The first-order valence-corrected chi connectivity index (χ1v) is 4.24. The Morgan fingerprint density at radius 1 is 1.67 bits per heavy atom. The molecule has 0 radical (unpaired) electrons. The molecule has 12 heavy (non-hydrogen) atoms. The summed E-state index contributed by atoms with van der Waals surface area (Å²) in [5.74, 6) is -0.146. The summed E-state index contributed by atoms with van der Waals surface area (Å²) in [6.45, 7) is 2.63. The SMILES string of the molecule is COC(=O)[C@@H]1CNCCCN1C. The van der Waals surface area contributed by atoms with Crippen LogP contribution in [0.15, 0.2) is 0 Å². The van der Waals surface area contributed by atoms with Crippen molar-refractivity contribution in [3.63, 3.8) is 0 Å². The number of carbonyl (C=O) groups is 1. The third kappa shape index (κ3) is 2.19. The highest BCUT2D eigenvalue weighted by molar-refractivity contribution is 5.75. The van der Waals surface area contributed by atoms with Crippen LogP contribution in [0, 0.1) is 0 Å². The van der Waals surface area contributed by atoms with Gasteiger partial charge in [-0.25, -0.2) is 0 Å². The van der Waals surface area contributed by atoms with E-state index < -0.39 is 0 Å². The van der Waals surface area contributed by atoms with Gasteiger partial charge in [-0.15, -0.1) is 0 Å². The second-order valence-electron chi connectivity index (χ2n) is 3.08. The molecule has 1 aliphatic rings. The molecule has 0 amide bonds. The van der Waals surface area contributed by atoms with Crippen LogP contribution in [0.25, 0.3) is 0 Å². The number of rotatable bonds is 1. The number of hydrogen-bond acceptors (Lipinski definition) is 4. The molecule has 1 aliphatic heterocycles. The molecule has 1 fully saturated rings. The molecule has 70 valence electrons. The molecular weight excluding hydrogens is 156 g/mol. The van der Waals surface area contributed by atoms with Crippen LogP contribution in [0.3, 0.4) is 0 Å². The number of nitrogens with zero attached hydrogens (tertiary/aromatic N) is 1. The van der Waals surface area contributed by atoms with Crippen LogP contribution in [0.5, 0.6) is 0 Å². The molecule has 1 heterocycles. The first-order valence-electron chi connectivity index (χ1n) is 4.24. The summed E-state index contributed by atoms with van der Waals surface area (Å²) in [4.78, 5) is 13.3. The van der Waals surface area contributed by atoms with Gasteiger partial charge in [0.1, 0.15) is 6.04 Å². The Hall–Kier alpha value is -0.610. The van der Waals surface area contributed by atoms with Crippen molar-refractivity contribution in [3.8, 4) is 0 Å².